The van der Waals surface area contributed by atoms with E-state index in [0.29, 0.717) is 17.1 Å². The fourth-order valence-corrected chi connectivity index (χ4v) is 3.18. The van der Waals surface area contributed by atoms with Crippen LogP contribution in [0.2, 0.25) is 0 Å². The molecule has 0 atom stereocenters. The fraction of sp³-hybridized carbons (Fsp3) is 0.125. The highest BCUT2D eigenvalue weighted by Gasteiger charge is 2.16. The van der Waals surface area contributed by atoms with Gasteiger partial charge in [0.2, 0.25) is 0 Å². The summed E-state index contributed by atoms with van der Waals surface area (Å²) in [5, 5.41) is 3.85. The standard InChI is InChI=1S/C16H15N3OS/c1-10-2-3-13-12(8-10)14(17)15(21-13)16(20)19-9-11-4-6-18-7-5-11/h2-8H,9,17H2,1H3,(H,19,20). The predicted molar refractivity (Wildman–Crippen MR) is 86.4 cm³/mol. The molecule has 1 amide bonds. The Morgan fingerprint density at radius 2 is 2.05 bits per heavy atom. The highest BCUT2D eigenvalue weighted by molar-refractivity contribution is 7.21. The zero-order chi connectivity index (χ0) is 14.8. The number of carbonyl (C=O) groups is 1. The number of thiophene rings is 1. The van der Waals surface area contributed by atoms with E-state index < -0.39 is 0 Å². The number of rotatable bonds is 3. The van der Waals surface area contributed by atoms with Crippen molar-refractivity contribution in [1.29, 1.82) is 0 Å². The average Bonchev–Trinajstić information content (AvgIpc) is 2.83. The van der Waals surface area contributed by atoms with Crippen LogP contribution in [0.3, 0.4) is 0 Å². The second-order valence-electron chi connectivity index (χ2n) is 4.88. The van der Waals surface area contributed by atoms with Crippen LogP contribution in [0.4, 0.5) is 5.69 Å². The second kappa shape index (κ2) is 5.54. The van der Waals surface area contributed by atoms with Gasteiger partial charge >= 0.3 is 0 Å². The molecule has 2 heterocycles. The molecule has 0 bridgehead atoms. The smallest absolute Gasteiger partial charge is 0.263 e. The molecule has 5 heteroatoms. The van der Waals surface area contributed by atoms with Gasteiger partial charge < -0.3 is 11.1 Å². The highest BCUT2D eigenvalue weighted by atomic mass is 32.1. The first-order valence-electron chi connectivity index (χ1n) is 6.61. The van der Waals surface area contributed by atoms with Crippen molar-refractivity contribution in [1.82, 2.24) is 10.3 Å². The quantitative estimate of drug-likeness (QED) is 0.780. The van der Waals surface area contributed by atoms with Gasteiger partial charge in [0.15, 0.2) is 0 Å². The first-order chi connectivity index (χ1) is 10.1. The van der Waals surface area contributed by atoms with E-state index in [1.807, 2.05) is 37.3 Å². The van der Waals surface area contributed by atoms with Gasteiger partial charge in [0.1, 0.15) is 4.88 Å². The number of nitrogen functional groups attached to an aromatic ring is 1. The summed E-state index contributed by atoms with van der Waals surface area (Å²) in [4.78, 5) is 16.8. The first-order valence-corrected chi connectivity index (χ1v) is 7.42. The Balaban J connectivity index is 1.83. The molecule has 0 aliphatic heterocycles. The number of nitrogens with zero attached hydrogens (tertiary/aromatic N) is 1. The third-order valence-corrected chi connectivity index (χ3v) is 4.48. The summed E-state index contributed by atoms with van der Waals surface area (Å²) in [6.45, 7) is 2.48. The number of anilines is 1. The Morgan fingerprint density at radius 1 is 1.29 bits per heavy atom. The van der Waals surface area contributed by atoms with Crippen LogP contribution in [0.15, 0.2) is 42.7 Å². The average molecular weight is 297 g/mol. The predicted octanol–water partition coefficient (Wildman–Crippen LogP) is 3.12. The van der Waals surface area contributed by atoms with Gasteiger partial charge in [0, 0.05) is 29.0 Å². The van der Waals surface area contributed by atoms with Crippen molar-refractivity contribution in [3.05, 3.63) is 58.7 Å². The Labute approximate surface area is 126 Å². The Hall–Kier alpha value is -2.40. The van der Waals surface area contributed by atoms with E-state index in [4.69, 9.17) is 5.73 Å². The number of carbonyl (C=O) groups excluding carboxylic acids is 1. The van der Waals surface area contributed by atoms with Crippen LogP contribution in [0.5, 0.6) is 0 Å². The molecule has 0 aliphatic carbocycles. The summed E-state index contributed by atoms with van der Waals surface area (Å²) < 4.78 is 1.03. The molecule has 0 fully saturated rings. The van der Waals surface area contributed by atoms with E-state index in [-0.39, 0.29) is 5.91 Å². The number of nitrogens with two attached hydrogens (primary N) is 1. The van der Waals surface area contributed by atoms with Gasteiger partial charge in [0.25, 0.3) is 5.91 Å². The maximum absolute atomic E-state index is 12.3. The molecule has 1 aromatic carbocycles. The lowest BCUT2D eigenvalue weighted by atomic mass is 10.1. The summed E-state index contributed by atoms with van der Waals surface area (Å²) >= 11 is 1.43. The number of aryl methyl sites for hydroxylation is 1. The van der Waals surface area contributed by atoms with Crippen molar-refractivity contribution in [3.63, 3.8) is 0 Å². The molecule has 2 aromatic heterocycles. The molecular formula is C16H15N3OS. The number of aromatic nitrogens is 1. The molecule has 3 N–H and O–H groups in total. The topological polar surface area (TPSA) is 68.0 Å². The molecule has 3 aromatic rings. The monoisotopic (exact) mass is 297 g/mol. The summed E-state index contributed by atoms with van der Waals surface area (Å²) in [5.41, 5.74) is 8.82. The number of hydrogen-bond acceptors (Lipinski definition) is 4. The zero-order valence-corrected chi connectivity index (χ0v) is 12.4. The van der Waals surface area contributed by atoms with E-state index in [1.165, 1.54) is 11.3 Å². The minimum absolute atomic E-state index is 0.136. The molecule has 0 aliphatic rings. The van der Waals surface area contributed by atoms with Crippen molar-refractivity contribution in [3.8, 4) is 0 Å². The van der Waals surface area contributed by atoms with Crippen molar-refractivity contribution >= 4 is 33.0 Å². The minimum Gasteiger partial charge on any atom is -0.397 e. The summed E-state index contributed by atoms with van der Waals surface area (Å²) in [5.74, 6) is -0.136. The van der Waals surface area contributed by atoms with E-state index in [1.54, 1.807) is 12.4 Å². The van der Waals surface area contributed by atoms with Crippen LogP contribution in [0.1, 0.15) is 20.8 Å². The van der Waals surface area contributed by atoms with Crippen LogP contribution in [0, 0.1) is 6.92 Å². The number of amides is 1. The van der Waals surface area contributed by atoms with Gasteiger partial charge in [-0.25, -0.2) is 0 Å². The lowest BCUT2D eigenvalue weighted by Gasteiger charge is -2.04. The molecule has 106 valence electrons. The summed E-state index contributed by atoms with van der Waals surface area (Å²) in [6.07, 6.45) is 3.41. The van der Waals surface area contributed by atoms with Crippen molar-refractivity contribution in [2.24, 2.45) is 0 Å². The minimum atomic E-state index is -0.136. The third-order valence-electron chi connectivity index (χ3n) is 3.29. The first kappa shape index (κ1) is 13.6. The second-order valence-corrected chi connectivity index (χ2v) is 5.93. The van der Waals surface area contributed by atoms with E-state index in [2.05, 4.69) is 10.3 Å². The number of nitrogens with one attached hydrogen (secondary N) is 1. The summed E-state index contributed by atoms with van der Waals surface area (Å²) in [6, 6.07) is 9.79. The molecule has 0 unspecified atom stereocenters. The van der Waals surface area contributed by atoms with E-state index in [9.17, 15) is 4.79 Å². The number of benzene rings is 1. The number of pyridine rings is 1. The van der Waals surface area contributed by atoms with Gasteiger partial charge in [-0.3, -0.25) is 9.78 Å². The van der Waals surface area contributed by atoms with E-state index >= 15 is 0 Å². The van der Waals surface area contributed by atoms with Crippen LogP contribution in [0.25, 0.3) is 10.1 Å². The van der Waals surface area contributed by atoms with Gasteiger partial charge in [-0.2, -0.15) is 0 Å². The Morgan fingerprint density at radius 3 is 2.81 bits per heavy atom. The number of fused-ring (bicyclic) bond motifs is 1. The lowest BCUT2D eigenvalue weighted by molar-refractivity contribution is 0.0956. The molecule has 3 rings (SSSR count). The van der Waals surface area contributed by atoms with Gasteiger partial charge in [-0.05, 0) is 36.8 Å². The van der Waals surface area contributed by atoms with Crippen LogP contribution >= 0.6 is 11.3 Å². The van der Waals surface area contributed by atoms with Crippen LogP contribution < -0.4 is 11.1 Å². The molecular weight excluding hydrogens is 282 g/mol. The SMILES string of the molecule is Cc1ccc2sc(C(=O)NCc3ccncc3)c(N)c2c1. The van der Waals surface area contributed by atoms with Gasteiger partial charge in [-0.1, -0.05) is 11.6 Å². The Kier molecular flexibility index (Phi) is 3.58. The van der Waals surface area contributed by atoms with Crippen LogP contribution in [-0.2, 0) is 6.54 Å². The third kappa shape index (κ3) is 2.73. The molecule has 0 saturated carbocycles. The molecule has 21 heavy (non-hydrogen) atoms. The molecule has 0 radical (unpaired) electrons. The number of hydrogen-bond donors (Lipinski definition) is 2. The van der Waals surface area contributed by atoms with Crippen molar-refractivity contribution in [2.45, 2.75) is 13.5 Å². The molecule has 0 spiro atoms. The highest BCUT2D eigenvalue weighted by Crippen LogP contribution is 2.34. The molecule has 4 nitrogen and oxygen atoms in total. The van der Waals surface area contributed by atoms with E-state index in [0.717, 1.165) is 21.2 Å². The normalized spacial score (nSPS) is 10.7. The lowest BCUT2D eigenvalue weighted by Crippen LogP contribution is -2.22. The van der Waals surface area contributed by atoms with Gasteiger partial charge in [-0.15, -0.1) is 11.3 Å². The largest absolute Gasteiger partial charge is 0.397 e. The molecule has 0 saturated heterocycles. The Bertz CT molecular complexity index is 796. The maximum Gasteiger partial charge on any atom is 0.263 e. The summed E-state index contributed by atoms with van der Waals surface area (Å²) in [7, 11) is 0. The van der Waals surface area contributed by atoms with Crippen molar-refractivity contribution < 1.29 is 4.79 Å². The maximum atomic E-state index is 12.3. The van der Waals surface area contributed by atoms with Gasteiger partial charge in [0.05, 0.1) is 5.69 Å². The zero-order valence-electron chi connectivity index (χ0n) is 11.6. The van der Waals surface area contributed by atoms with Crippen LogP contribution in [-0.4, -0.2) is 10.9 Å². The fourth-order valence-electron chi connectivity index (χ4n) is 2.16. The van der Waals surface area contributed by atoms with Crippen molar-refractivity contribution in [2.75, 3.05) is 5.73 Å².